The van der Waals surface area contributed by atoms with Crippen molar-refractivity contribution < 1.29 is 5.21 Å². The summed E-state index contributed by atoms with van der Waals surface area (Å²) in [6, 6.07) is 0. The molecule has 104 valence electrons. The van der Waals surface area contributed by atoms with Crippen molar-refractivity contribution in [3.63, 3.8) is 0 Å². The third kappa shape index (κ3) is 3.61. The standard InChI is InChI=1S/C14H27N3O/c1-14(2,13(15)17-18)7-8-16-9-12(10-3-4-10)11-5-6-11/h10-12,16,18H,3-9H2,1-2H3,(H2,15,17). The molecule has 0 unspecified atom stereocenters. The van der Waals surface area contributed by atoms with Gasteiger partial charge >= 0.3 is 0 Å². The molecule has 2 saturated carbocycles. The Hall–Kier alpha value is -0.770. The SMILES string of the molecule is CC(C)(CCNCC(C1CC1)C1CC1)C(N)=NO. The van der Waals surface area contributed by atoms with Crippen molar-refractivity contribution in [2.75, 3.05) is 13.1 Å². The summed E-state index contributed by atoms with van der Waals surface area (Å²) < 4.78 is 0. The number of oxime groups is 1. The lowest BCUT2D eigenvalue weighted by Gasteiger charge is -2.24. The van der Waals surface area contributed by atoms with Crippen molar-refractivity contribution in [2.24, 2.45) is 34.1 Å². The Balaban J connectivity index is 1.65. The van der Waals surface area contributed by atoms with E-state index in [9.17, 15) is 0 Å². The highest BCUT2D eigenvalue weighted by molar-refractivity contribution is 5.85. The van der Waals surface area contributed by atoms with Gasteiger partial charge in [0.15, 0.2) is 0 Å². The Morgan fingerprint density at radius 2 is 1.89 bits per heavy atom. The van der Waals surface area contributed by atoms with Gasteiger partial charge in [-0.2, -0.15) is 0 Å². The predicted molar refractivity (Wildman–Crippen MR) is 73.6 cm³/mol. The molecule has 4 heteroatoms. The maximum Gasteiger partial charge on any atom is 0.144 e. The summed E-state index contributed by atoms with van der Waals surface area (Å²) in [6.07, 6.45) is 6.68. The van der Waals surface area contributed by atoms with E-state index in [1.54, 1.807) is 0 Å². The molecule has 0 heterocycles. The minimum atomic E-state index is -0.226. The van der Waals surface area contributed by atoms with Crippen molar-refractivity contribution >= 4 is 5.84 Å². The average Bonchev–Trinajstić information content (AvgIpc) is 3.18. The largest absolute Gasteiger partial charge is 0.409 e. The van der Waals surface area contributed by atoms with Crippen LogP contribution in [0.3, 0.4) is 0 Å². The molecule has 2 aliphatic rings. The van der Waals surface area contributed by atoms with E-state index in [-0.39, 0.29) is 5.41 Å². The predicted octanol–water partition coefficient (Wildman–Crippen LogP) is 2.17. The molecule has 0 aromatic heterocycles. The Bertz CT molecular complexity index is 294. The average molecular weight is 253 g/mol. The minimum Gasteiger partial charge on any atom is -0.409 e. The molecule has 2 aliphatic carbocycles. The van der Waals surface area contributed by atoms with Crippen molar-refractivity contribution in [3.8, 4) is 0 Å². The van der Waals surface area contributed by atoms with E-state index >= 15 is 0 Å². The highest BCUT2D eigenvalue weighted by Crippen LogP contribution is 2.48. The number of amidine groups is 1. The molecule has 0 amide bonds. The zero-order valence-electron chi connectivity index (χ0n) is 11.7. The van der Waals surface area contributed by atoms with Crippen LogP contribution in [-0.4, -0.2) is 24.1 Å². The van der Waals surface area contributed by atoms with Crippen LogP contribution in [0.1, 0.15) is 46.0 Å². The molecule has 0 aromatic rings. The van der Waals surface area contributed by atoms with E-state index < -0.39 is 0 Å². The molecular formula is C14H27N3O. The van der Waals surface area contributed by atoms with Gasteiger partial charge in [-0.05, 0) is 62.9 Å². The molecule has 0 bridgehead atoms. The van der Waals surface area contributed by atoms with Gasteiger partial charge in [-0.15, -0.1) is 0 Å². The molecule has 4 nitrogen and oxygen atoms in total. The summed E-state index contributed by atoms with van der Waals surface area (Å²) in [4.78, 5) is 0. The van der Waals surface area contributed by atoms with E-state index in [1.807, 2.05) is 13.8 Å². The molecule has 0 atom stereocenters. The molecule has 18 heavy (non-hydrogen) atoms. The summed E-state index contributed by atoms with van der Waals surface area (Å²) in [7, 11) is 0. The van der Waals surface area contributed by atoms with Gasteiger partial charge in [0.1, 0.15) is 5.84 Å². The van der Waals surface area contributed by atoms with Gasteiger partial charge in [-0.3, -0.25) is 0 Å². The lowest BCUT2D eigenvalue weighted by atomic mass is 9.88. The Labute approximate surface area is 110 Å². The van der Waals surface area contributed by atoms with Gasteiger partial charge in [0.2, 0.25) is 0 Å². The topological polar surface area (TPSA) is 70.6 Å². The van der Waals surface area contributed by atoms with Crippen LogP contribution in [0, 0.1) is 23.2 Å². The minimum absolute atomic E-state index is 0.226. The molecule has 2 rings (SSSR count). The summed E-state index contributed by atoms with van der Waals surface area (Å²) in [6.45, 7) is 6.13. The van der Waals surface area contributed by atoms with Gasteiger partial charge < -0.3 is 16.3 Å². The van der Waals surface area contributed by atoms with Crippen molar-refractivity contribution in [2.45, 2.75) is 46.0 Å². The van der Waals surface area contributed by atoms with Crippen LogP contribution in [0.25, 0.3) is 0 Å². The van der Waals surface area contributed by atoms with E-state index in [0.717, 1.165) is 37.3 Å². The first-order chi connectivity index (χ1) is 8.54. The van der Waals surface area contributed by atoms with Crippen LogP contribution in [0.4, 0.5) is 0 Å². The fourth-order valence-corrected chi connectivity index (χ4v) is 2.70. The molecule has 0 aromatic carbocycles. The summed E-state index contributed by atoms with van der Waals surface area (Å²) >= 11 is 0. The van der Waals surface area contributed by atoms with Gasteiger partial charge in [-0.25, -0.2) is 0 Å². The number of hydrogen-bond acceptors (Lipinski definition) is 3. The van der Waals surface area contributed by atoms with Crippen LogP contribution in [0.15, 0.2) is 5.16 Å². The van der Waals surface area contributed by atoms with Gasteiger partial charge in [-0.1, -0.05) is 19.0 Å². The quantitative estimate of drug-likeness (QED) is 0.204. The number of nitrogens with one attached hydrogen (secondary N) is 1. The highest BCUT2D eigenvalue weighted by atomic mass is 16.4. The molecule has 2 fully saturated rings. The third-order valence-electron chi connectivity index (χ3n) is 4.56. The second kappa shape index (κ2) is 5.47. The van der Waals surface area contributed by atoms with Gasteiger partial charge in [0, 0.05) is 5.41 Å². The van der Waals surface area contributed by atoms with E-state index in [0.29, 0.717) is 5.84 Å². The maximum absolute atomic E-state index is 8.72. The van der Waals surface area contributed by atoms with Gasteiger partial charge in [0.05, 0.1) is 0 Å². The molecule has 0 spiro atoms. The number of hydrogen-bond donors (Lipinski definition) is 3. The lowest BCUT2D eigenvalue weighted by Crippen LogP contribution is -2.36. The molecule has 4 N–H and O–H groups in total. The molecular weight excluding hydrogens is 226 g/mol. The highest BCUT2D eigenvalue weighted by Gasteiger charge is 2.40. The molecule has 0 saturated heterocycles. The zero-order chi connectivity index (χ0) is 13.2. The molecule has 0 radical (unpaired) electrons. The van der Waals surface area contributed by atoms with E-state index in [4.69, 9.17) is 10.9 Å². The number of nitrogens with zero attached hydrogens (tertiary/aromatic N) is 1. The van der Waals surface area contributed by atoms with Crippen LogP contribution >= 0.6 is 0 Å². The van der Waals surface area contributed by atoms with Crippen molar-refractivity contribution in [3.05, 3.63) is 0 Å². The van der Waals surface area contributed by atoms with Crippen LogP contribution < -0.4 is 11.1 Å². The van der Waals surface area contributed by atoms with E-state index in [1.165, 1.54) is 25.7 Å². The Morgan fingerprint density at radius 3 is 2.33 bits per heavy atom. The second-order valence-corrected chi connectivity index (χ2v) is 6.66. The third-order valence-corrected chi connectivity index (χ3v) is 4.56. The Kier molecular flexibility index (Phi) is 4.15. The summed E-state index contributed by atoms with van der Waals surface area (Å²) in [5, 5.41) is 15.4. The van der Waals surface area contributed by atoms with Crippen molar-refractivity contribution in [1.29, 1.82) is 0 Å². The van der Waals surface area contributed by atoms with E-state index in [2.05, 4.69) is 10.5 Å². The zero-order valence-corrected chi connectivity index (χ0v) is 11.7. The smallest absolute Gasteiger partial charge is 0.144 e. The maximum atomic E-state index is 8.72. The van der Waals surface area contributed by atoms with Crippen LogP contribution in [0.2, 0.25) is 0 Å². The summed E-state index contributed by atoms with van der Waals surface area (Å²) in [5.41, 5.74) is 5.46. The second-order valence-electron chi connectivity index (χ2n) is 6.66. The van der Waals surface area contributed by atoms with Crippen LogP contribution in [-0.2, 0) is 0 Å². The Morgan fingerprint density at radius 1 is 1.33 bits per heavy atom. The first kappa shape index (κ1) is 13.7. The summed E-state index contributed by atoms with van der Waals surface area (Å²) in [5.74, 6) is 3.24. The fourth-order valence-electron chi connectivity index (χ4n) is 2.70. The monoisotopic (exact) mass is 253 g/mol. The first-order valence-electron chi connectivity index (χ1n) is 7.23. The first-order valence-corrected chi connectivity index (χ1v) is 7.23. The lowest BCUT2D eigenvalue weighted by molar-refractivity contribution is 0.303. The normalized spacial score (nSPS) is 21.6. The van der Waals surface area contributed by atoms with Crippen molar-refractivity contribution in [1.82, 2.24) is 5.32 Å². The number of nitrogens with two attached hydrogens (primary N) is 1. The molecule has 0 aliphatic heterocycles. The van der Waals surface area contributed by atoms with Crippen LogP contribution in [0.5, 0.6) is 0 Å². The van der Waals surface area contributed by atoms with Gasteiger partial charge in [0.25, 0.3) is 0 Å². The fraction of sp³-hybridized carbons (Fsp3) is 0.929. The number of rotatable bonds is 8.